The van der Waals surface area contributed by atoms with Crippen LogP contribution in [0.3, 0.4) is 0 Å². The summed E-state index contributed by atoms with van der Waals surface area (Å²) in [5.74, 6) is 3.01. The number of aromatic nitrogens is 1. The van der Waals surface area contributed by atoms with E-state index in [-0.39, 0.29) is 17.0 Å². The fraction of sp³-hybridized carbons (Fsp3) is 0.276. The Bertz CT molecular complexity index is 1380. The number of benzene rings is 3. The third-order valence-electron chi connectivity index (χ3n) is 6.47. The molecule has 0 unspecified atom stereocenters. The Morgan fingerprint density at radius 2 is 1.49 bits per heavy atom. The van der Waals surface area contributed by atoms with Crippen molar-refractivity contribution in [2.24, 2.45) is 0 Å². The molecule has 5 rings (SSSR count). The van der Waals surface area contributed by atoms with E-state index in [0.717, 1.165) is 58.0 Å². The van der Waals surface area contributed by atoms with Crippen LogP contribution in [0.4, 0.5) is 0 Å². The predicted molar refractivity (Wildman–Crippen MR) is 133 cm³/mol. The van der Waals surface area contributed by atoms with Gasteiger partial charge in [-0.25, -0.2) is 0 Å². The van der Waals surface area contributed by atoms with Crippen molar-refractivity contribution in [1.82, 2.24) is 0 Å². The Morgan fingerprint density at radius 3 is 2.17 bits per heavy atom. The van der Waals surface area contributed by atoms with E-state index in [4.69, 9.17) is 18.9 Å². The molecule has 0 spiro atoms. The van der Waals surface area contributed by atoms with E-state index >= 15 is 0 Å². The fourth-order valence-corrected chi connectivity index (χ4v) is 4.95. The summed E-state index contributed by atoms with van der Waals surface area (Å²) in [4.78, 5) is 0. The molecule has 4 aromatic rings. The fourth-order valence-electron chi connectivity index (χ4n) is 4.95. The average Bonchev–Trinajstić information content (AvgIpc) is 2.84. The van der Waals surface area contributed by atoms with Gasteiger partial charge in [0.2, 0.25) is 5.69 Å². The Labute approximate surface area is 217 Å². The van der Waals surface area contributed by atoms with Crippen LogP contribution in [-0.4, -0.2) is 21.3 Å². The van der Waals surface area contributed by atoms with Crippen LogP contribution in [0.2, 0.25) is 0 Å². The molecule has 2 heterocycles. The molecule has 5 nitrogen and oxygen atoms in total. The maximum atomic E-state index is 6.39. The Kier molecular flexibility index (Phi) is 7.22. The zero-order chi connectivity index (χ0) is 23.8. The van der Waals surface area contributed by atoms with Gasteiger partial charge >= 0.3 is 0 Å². The zero-order valence-electron chi connectivity index (χ0n) is 20.8. The largest absolute Gasteiger partial charge is 1.00 e. The number of hydrogen-bond donors (Lipinski definition) is 0. The van der Waals surface area contributed by atoms with Gasteiger partial charge in [-0.1, -0.05) is 29.3 Å². The monoisotopic (exact) mass is 535 g/mol. The molecule has 0 amide bonds. The summed E-state index contributed by atoms with van der Waals surface area (Å²) < 4.78 is 25.5. The molecule has 1 aromatic heterocycles. The van der Waals surface area contributed by atoms with Gasteiger partial charge in [0.05, 0.1) is 32.3 Å². The minimum atomic E-state index is 0. The number of aryl methyl sites for hydroxylation is 4. The molecule has 0 radical (unpaired) electrons. The van der Waals surface area contributed by atoms with Gasteiger partial charge in [-0.15, -0.1) is 0 Å². The smallest absolute Gasteiger partial charge is 0.213 e. The van der Waals surface area contributed by atoms with Gasteiger partial charge < -0.3 is 35.9 Å². The lowest BCUT2D eigenvalue weighted by Gasteiger charge is -2.19. The third-order valence-corrected chi connectivity index (χ3v) is 6.47. The second-order valence-corrected chi connectivity index (χ2v) is 8.85. The molecule has 0 fully saturated rings. The quantitative estimate of drug-likeness (QED) is 0.356. The first-order chi connectivity index (χ1) is 16.5. The van der Waals surface area contributed by atoms with Crippen molar-refractivity contribution >= 4 is 10.8 Å². The maximum Gasteiger partial charge on any atom is 0.213 e. The minimum Gasteiger partial charge on any atom is -1.00 e. The van der Waals surface area contributed by atoms with Crippen LogP contribution in [0.5, 0.6) is 23.0 Å². The van der Waals surface area contributed by atoms with Crippen LogP contribution >= 0.6 is 0 Å². The summed E-state index contributed by atoms with van der Waals surface area (Å²) >= 11 is 0. The molecule has 35 heavy (non-hydrogen) atoms. The lowest BCUT2D eigenvalue weighted by Crippen LogP contribution is -3.00. The molecule has 0 N–H and O–H groups in total. The molecule has 1 aliphatic heterocycles. The van der Waals surface area contributed by atoms with Crippen molar-refractivity contribution in [2.75, 3.05) is 21.3 Å². The van der Waals surface area contributed by atoms with Gasteiger partial charge in [0.25, 0.3) is 0 Å². The Hall–Kier alpha value is -3.25. The Morgan fingerprint density at radius 1 is 0.800 bits per heavy atom. The lowest BCUT2D eigenvalue weighted by atomic mass is 9.95. The molecule has 0 atom stereocenters. The van der Waals surface area contributed by atoms with Crippen LogP contribution < -0.4 is 40.5 Å². The second kappa shape index (κ2) is 10.2. The molecule has 0 bridgehead atoms. The van der Waals surface area contributed by atoms with Crippen molar-refractivity contribution in [3.8, 4) is 34.3 Å². The molecular weight excluding hydrogens is 506 g/mol. The van der Waals surface area contributed by atoms with Gasteiger partial charge in [0, 0.05) is 12.5 Å². The van der Waals surface area contributed by atoms with E-state index < -0.39 is 0 Å². The maximum absolute atomic E-state index is 6.39. The van der Waals surface area contributed by atoms with Gasteiger partial charge in [-0.3, -0.25) is 0 Å². The summed E-state index contributed by atoms with van der Waals surface area (Å²) in [6.07, 6.45) is 3.10. The van der Waals surface area contributed by atoms with Crippen LogP contribution in [0.25, 0.3) is 22.0 Å². The second-order valence-electron chi connectivity index (χ2n) is 8.85. The number of fused-ring (bicyclic) bond motifs is 4. The van der Waals surface area contributed by atoms with Gasteiger partial charge in [0.15, 0.2) is 35.7 Å². The van der Waals surface area contributed by atoms with E-state index in [0.29, 0.717) is 6.61 Å². The summed E-state index contributed by atoms with van der Waals surface area (Å²) in [6, 6.07) is 17.0. The molecule has 3 aromatic carbocycles. The van der Waals surface area contributed by atoms with E-state index in [1.807, 2.05) is 6.07 Å². The topological polar surface area (TPSA) is 40.8 Å². The molecule has 0 saturated heterocycles. The van der Waals surface area contributed by atoms with Crippen LogP contribution in [-0.2, 0) is 19.6 Å². The first-order valence-electron chi connectivity index (χ1n) is 11.5. The number of methoxy groups -OCH3 is 3. The van der Waals surface area contributed by atoms with Crippen molar-refractivity contribution in [3.63, 3.8) is 0 Å². The highest BCUT2D eigenvalue weighted by molar-refractivity contribution is 5.91. The van der Waals surface area contributed by atoms with Crippen LogP contribution in [0, 0.1) is 13.8 Å². The average molecular weight is 536 g/mol. The molecule has 0 saturated carbocycles. The first kappa shape index (κ1) is 24.9. The zero-order valence-corrected chi connectivity index (χ0v) is 22.4. The highest BCUT2D eigenvalue weighted by Gasteiger charge is 2.27. The number of rotatable bonds is 6. The van der Waals surface area contributed by atoms with Crippen LogP contribution in [0.15, 0.2) is 54.7 Å². The van der Waals surface area contributed by atoms with Crippen molar-refractivity contribution < 1.29 is 40.5 Å². The van der Waals surface area contributed by atoms with Crippen molar-refractivity contribution in [3.05, 3.63) is 77.0 Å². The third kappa shape index (κ3) is 4.67. The summed E-state index contributed by atoms with van der Waals surface area (Å²) in [5, 5.41) is 2.14. The van der Waals surface area contributed by atoms with Gasteiger partial charge in [0.1, 0.15) is 6.61 Å². The van der Waals surface area contributed by atoms with E-state index in [1.165, 1.54) is 22.3 Å². The standard InChI is InChI=1S/C29H30NO4.BrH/c1-18-10-19(2)12-20(11-18)17-34-29-24-16-30-9-8-22-14-27(32-4)28(33-5)15-23(22)25(30)13-21(24)6-7-26(29)31-3;/h6-7,10-16H,8-9,17H2,1-5H3;1H/q+1;/p-1. The molecule has 1 aliphatic rings. The predicted octanol–water partition coefficient (Wildman–Crippen LogP) is 2.58. The first-order valence-corrected chi connectivity index (χ1v) is 11.5. The van der Waals surface area contributed by atoms with Crippen LogP contribution in [0.1, 0.15) is 22.3 Å². The van der Waals surface area contributed by atoms with E-state index in [1.54, 1.807) is 21.3 Å². The SMILES string of the molecule is COc1cc2c(cc1OC)-c1cc3ccc(OC)c(OCc4cc(C)cc(C)c4)c3c[n+]1CC2.[Br-]. The van der Waals surface area contributed by atoms with Crippen molar-refractivity contribution in [2.45, 2.75) is 33.4 Å². The number of pyridine rings is 1. The van der Waals surface area contributed by atoms with E-state index in [9.17, 15) is 0 Å². The highest BCUT2D eigenvalue weighted by atomic mass is 79.9. The summed E-state index contributed by atoms with van der Waals surface area (Å²) in [5.41, 5.74) is 7.20. The lowest BCUT2D eigenvalue weighted by molar-refractivity contribution is -0.686. The molecule has 182 valence electrons. The van der Waals surface area contributed by atoms with Crippen molar-refractivity contribution in [1.29, 1.82) is 0 Å². The molecule has 6 heteroatoms. The summed E-state index contributed by atoms with van der Waals surface area (Å²) in [7, 11) is 5.04. The number of hydrogen-bond acceptors (Lipinski definition) is 4. The van der Waals surface area contributed by atoms with E-state index in [2.05, 4.69) is 67.1 Å². The normalized spacial score (nSPS) is 11.8. The van der Waals surface area contributed by atoms with Gasteiger partial charge in [-0.05, 0) is 54.6 Å². The molecule has 0 aliphatic carbocycles. The number of nitrogens with zero attached hydrogens (tertiary/aromatic N) is 1. The number of ether oxygens (including phenoxy) is 4. The minimum absolute atomic E-state index is 0. The molecular formula is C29H30BrNO4. The Balaban J connectivity index is 0.00000289. The highest BCUT2D eigenvalue weighted by Crippen LogP contribution is 2.40. The summed E-state index contributed by atoms with van der Waals surface area (Å²) in [6.45, 7) is 5.59. The van der Waals surface area contributed by atoms with Gasteiger partial charge in [-0.2, -0.15) is 4.57 Å². The number of halogens is 1.